The number of para-hydroxylation sites is 1. The Bertz CT molecular complexity index is 638. The molecule has 0 N–H and O–H groups in total. The highest BCUT2D eigenvalue weighted by molar-refractivity contribution is 8.00. The maximum absolute atomic E-state index is 12.4. The number of rotatable bonds is 6. The number of aryl methyl sites for hydroxylation is 1. The third-order valence-electron chi connectivity index (χ3n) is 3.09. The third kappa shape index (κ3) is 3.79. The van der Waals surface area contributed by atoms with Gasteiger partial charge in [-0.25, -0.2) is 0 Å². The molecule has 0 aliphatic heterocycles. The van der Waals surface area contributed by atoms with Gasteiger partial charge in [0, 0.05) is 4.90 Å². The molecule has 110 valence electrons. The molecule has 0 atom stereocenters. The zero-order valence-electron chi connectivity index (χ0n) is 12.4. The first kappa shape index (κ1) is 15.4. The topological polar surface area (TPSA) is 35.5 Å². The second-order valence-corrected chi connectivity index (χ2v) is 5.58. The molecule has 2 aromatic rings. The smallest absolute Gasteiger partial charge is 0.176 e. The van der Waals surface area contributed by atoms with Crippen LogP contribution in [0, 0.1) is 6.92 Å². The number of hydrogen-bond donors (Lipinski definition) is 0. The van der Waals surface area contributed by atoms with Crippen LogP contribution in [0.15, 0.2) is 47.4 Å². The van der Waals surface area contributed by atoms with Gasteiger partial charge >= 0.3 is 0 Å². The molecule has 0 aliphatic carbocycles. The summed E-state index contributed by atoms with van der Waals surface area (Å²) in [5.41, 5.74) is 1.69. The van der Waals surface area contributed by atoms with Crippen LogP contribution in [0.2, 0.25) is 0 Å². The zero-order valence-corrected chi connectivity index (χ0v) is 13.2. The van der Waals surface area contributed by atoms with Gasteiger partial charge in [0.05, 0.1) is 25.5 Å². The summed E-state index contributed by atoms with van der Waals surface area (Å²) >= 11 is 1.47. The molecule has 0 fully saturated rings. The molecule has 0 amide bonds. The maximum atomic E-state index is 12.4. The molecule has 0 aliphatic rings. The Kier molecular flexibility index (Phi) is 5.28. The van der Waals surface area contributed by atoms with Crippen molar-refractivity contribution >= 4 is 17.5 Å². The fraction of sp³-hybridized carbons (Fsp3) is 0.235. The average Bonchev–Trinajstić information content (AvgIpc) is 2.52. The van der Waals surface area contributed by atoms with Crippen molar-refractivity contribution < 1.29 is 14.3 Å². The predicted molar refractivity (Wildman–Crippen MR) is 85.8 cm³/mol. The Morgan fingerprint density at radius 2 is 1.76 bits per heavy atom. The minimum atomic E-state index is 0.0442. The van der Waals surface area contributed by atoms with Gasteiger partial charge in [-0.05, 0) is 36.8 Å². The van der Waals surface area contributed by atoms with Crippen LogP contribution >= 0.6 is 11.8 Å². The number of hydrogen-bond acceptors (Lipinski definition) is 4. The molecule has 0 unspecified atom stereocenters. The lowest BCUT2D eigenvalue weighted by Crippen LogP contribution is -2.05. The Labute approximate surface area is 129 Å². The molecule has 0 radical (unpaired) electrons. The number of methoxy groups -OCH3 is 2. The SMILES string of the molecule is COc1ccccc1SCC(=O)c1ccc(C)cc1OC. The van der Waals surface area contributed by atoms with Crippen molar-refractivity contribution in [2.45, 2.75) is 11.8 Å². The second kappa shape index (κ2) is 7.18. The van der Waals surface area contributed by atoms with Crippen LogP contribution in [-0.2, 0) is 0 Å². The van der Waals surface area contributed by atoms with E-state index in [0.29, 0.717) is 17.1 Å². The number of carbonyl (C=O) groups is 1. The summed E-state index contributed by atoms with van der Waals surface area (Å²) in [6.45, 7) is 1.97. The number of ether oxygens (including phenoxy) is 2. The standard InChI is InChI=1S/C17H18O3S/c1-12-8-9-13(16(10-12)20-3)14(18)11-21-17-7-5-4-6-15(17)19-2/h4-10H,11H2,1-3H3. The highest BCUT2D eigenvalue weighted by Crippen LogP contribution is 2.30. The molecular weight excluding hydrogens is 284 g/mol. The van der Waals surface area contributed by atoms with E-state index in [9.17, 15) is 4.79 Å². The van der Waals surface area contributed by atoms with E-state index in [-0.39, 0.29) is 5.78 Å². The third-order valence-corrected chi connectivity index (χ3v) is 4.14. The molecule has 0 saturated carbocycles. The van der Waals surface area contributed by atoms with Crippen LogP contribution in [0.3, 0.4) is 0 Å². The quantitative estimate of drug-likeness (QED) is 0.597. The lowest BCUT2D eigenvalue weighted by molar-refractivity contribution is 0.101. The normalized spacial score (nSPS) is 10.2. The lowest BCUT2D eigenvalue weighted by Gasteiger charge is -2.10. The maximum Gasteiger partial charge on any atom is 0.176 e. The average molecular weight is 302 g/mol. The number of ketones is 1. The van der Waals surface area contributed by atoms with Crippen molar-refractivity contribution in [3.05, 3.63) is 53.6 Å². The predicted octanol–water partition coefficient (Wildman–Crippen LogP) is 3.99. The van der Waals surface area contributed by atoms with Crippen molar-refractivity contribution in [3.63, 3.8) is 0 Å². The minimum Gasteiger partial charge on any atom is -0.496 e. The Morgan fingerprint density at radius 1 is 1.05 bits per heavy atom. The van der Waals surface area contributed by atoms with E-state index in [1.54, 1.807) is 14.2 Å². The van der Waals surface area contributed by atoms with Gasteiger partial charge in [-0.1, -0.05) is 18.2 Å². The van der Waals surface area contributed by atoms with E-state index in [0.717, 1.165) is 16.2 Å². The summed E-state index contributed by atoms with van der Waals surface area (Å²) < 4.78 is 10.6. The van der Waals surface area contributed by atoms with Gasteiger partial charge in [-0.15, -0.1) is 11.8 Å². The molecule has 0 bridgehead atoms. The lowest BCUT2D eigenvalue weighted by atomic mass is 10.1. The fourth-order valence-electron chi connectivity index (χ4n) is 1.99. The Morgan fingerprint density at radius 3 is 2.48 bits per heavy atom. The molecule has 3 nitrogen and oxygen atoms in total. The fourth-order valence-corrected chi connectivity index (χ4v) is 2.90. The van der Waals surface area contributed by atoms with Crippen molar-refractivity contribution in [3.8, 4) is 11.5 Å². The Balaban J connectivity index is 2.12. The first-order valence-electron chi connectivity index (χ1n) is 6.59. The summed E-state index contributed by atoms with van der Waals surface area (Å²) in [4.78, 5) is 13.3. The largest absolute Gasteiger partial charge is 0.496 e. The summed E-state index contributed by atoms with van der Waals surface area (Å²) in [7, 11) is 3.21. The van der Waals surface area contributed by atoms with E-state index >= 15 is 0 Å². The number of thioether (sulfide) groups is 1. The Hall–Kier alpha value is -1.94. The molecule has 0 heterocycles. The van der Waals surface area contributed by atoms with Crippen LogP contribution in [0.5, 0.6) is 11.5 Å². The highest BCUT2D eigenvalue weighted by Gasteiger charge is 2.13. The number of Topliss-reactive ketones (excluding diaryl/α,β-unsaturated/α-hetero) is 1. The summed E-state index contributed by atoms with van der Waals surface area (Å²) in [5.74, 6) is 1.80. The molecule has 2 rings (SSSR count). The van der Waals surface area contributed by atoms with Gasteiger partial charge < -0.3 is 9.47 Å². The van der Waals surface area contributed by atoms with Crippen molar-refractivity contribution in [1.82, 2.24) is 0 Å². The summed E-state index contributed by atoms with van der Waals surface area (Å²) in [5, 5.41) is 0. The van der Waals surface area contributed by atoms with Crippen molar-refractivity contribution in [1.29, 1.82) is 0 Å². The van der Waals surface area contributed by atoms with Gasteiger partial charge in [-0.2, -0.15) is 0 Å². The summed E-state index contributed by atoms with van der Waals surface area (Å²) in [6, 6.07) is 13.3. The molecule has 4 heteroatoms. The van der Waals surface area contributed by atoms with Gasteiger partial charge in [0.15, 0.2) is 5.78 Å². The molecule has 0 spiro atoms. The number of carbonyl (C=O) groups excluding carboxylic acids is 1. The highest BCUT2D eigenvalue weighted by atomic mass is 32.2. The van der Waals surface area contributed by atoms with E-state index in [4.69, 9.17) is 9.47 Å². The van der Waals surface area contributed by atoms with Gasteiger partial charge in [0.25, 0.3) is 0 Å². The molecule has 21 heavy (non-hydrogen) atoms. The van der Waals surface area contributed by atoms with Gasteiger partial charge in [0.2, 0.25) is 0 Å². The van der Waals surface area contributed by atoms with Crippen LogP contribution in [0.1, 0.15) is 15.9 Å². The minimum absolute atomic E-state index is 0.0442. The molecular formula is C17H18O3S. The van der Waals surface area contributed by atoms with Crippen molar-refractivity contribution in [2.24, 2.45) is 0 Å². The first-order chi connectivity index (χ1) is 10.2. The zero-order chi connectivity index (χ0) is 15.2. The summed E-state index contributed by atoms with van der Waals surface area (Å²) in [6.07, 6.45) is 0. The van der Waals surface area contributed by atoms with Gasteiger partial charge in [0.1, 0.15) is 11.5 Å². The number of benzene rings is 2. The van der Waals surface area contributed by atoms with Crippen molar-refractivity contribution in [2.75, 3.05) is 20.0 Å². The van der Waals surface area contributed by atoms with Crippen LogP contribution in [0.25, 0.3) is 0 Å². The van der Waals surface area contributed by atoms with E-state index < -0.39 is 0 Å². The van der Waals surface area contributed by atoms with Crippen LogP contribution < -0.4 is 9.47 Å². The molecule has 0 aromatic heterocycles. The van der Waals surface area contributed by atoms with E-state index in [1.807, 2.05) is 49.4 Å². The van der Waals surface area contributed by atoms with Gasteiger partial charge in [-0.3, -0.25) is 4.79 Å². The second-order valence-electron chi connectivity index (χ2n) is 4.57. The molecule has 0 saturated heterocycles. The first-order valence-corrected chi connectivity index (χ1v) is 7.58. The van der Waals surface area contributed by atoms with E-state index in [1.165, 1.54) is 11.8 Å². The van der Waals surface area contributed by atoms with Crippen LogP contribution in [-0.4, -0.2) is 25.8 Å². The van der Waals surface area contributed by atoms with E-state index in [2.05, 4.69) is 0 Å². The monoisotopic (exact) mass is 302 g/mol. The molecule has 2 aromatic carbocycles. The van der Waals surface area contributed by atoms with Crippen LogP contribution in [0.4, 0.5) is 0 Å².